The van der Waals surface area contributed by atoms with E-state index in [1.54, 1.807) is 23.5 Å². The van der Waals surface area contributed by atoms with Gasteiger partial charge in [-0.15, -0.1) is 11.3 Å². The lowest BCUT2D eigenvalue weighted by atomic mass is 10.0. The van der Waals surface area contributed by atoms with Gasteiger partial charge in [0.2, 0.25) is 0 Å². The van der Waals surface area contributed by atoms with Gasteiger partial charge < -0.3 is 4.84 Å². The lowest BCUT2D eigenvalue weighted by molar-refractivity contribution is 0.0883. The predicted octanol–water partition coefficient (Wildman–Crippen LogP) is 3.75. The minimum Gasteiger partial charge on any atom is -0.386 e. The van der Waals surface area contributed by atoms with Crippen molar-refractivity contribution in [1.29, 1.82) is 0 Å². The van der Waals surface area contributed by atoms with Gasteiger partial charge in [0.25, 0.3) is 0 Å². The van der Waals surface area contributed by atoms with E-state index in [0.717, 1.165) is 17.7 Å². The van der Waals surface area contributed by atoms with E-state index in [4.69, 9.17) is 4.84 Å². The van der Waals surface area contributed by atoms with Crippen LogP contribution >= 0.6 is 11.3 Å². The van der Waals surface area contributed by atoms with E-state index in [0.29, 0.717) is 0 Å². The van der Waals surface area contributed by atoms with Crippen LogP contribution in [0, 0.1) is 5.82 Å². The minimum atomic E-state index is -0.233. The topological polar surface area (TPSA) is 21.6 Å². The average molecular weight is 247 g/mol. The monoisotopic (exact) mass is 247 g/mol. The molecular weight excluding hydrogens is 237 g/mol. The molecule has 3 rings (SSSR count). The fourth-order valence-corrected chi connectivity index (χ4v) is 2.57. The summed E-state index contributed by atoms with van der Waals surface area (Å²) in [5.41, 5.74) is 1.80. The second kappa shape index (κ2) is 4.30. The van der Waals surface area contributed by atoms with Crippen LogP contribution in [-0.2, 0) is 4.84 Å². The zero-order chi connectivity index (χ0) is 11.7. The minimum absolute atomic E-state index is 0.00931. The molecule has 1 aliphatic rings. The number of halogens is 1. The highest BCUT2D eigenvalue weighted by Gasteiger charge is 2.24. The number of oxime groups is 1. The summed E-state index contributed by atoms with van der Waals surface area (Å²) in [6, 6.07) is 10.4. The van der Waals surface area contributed by atoms with Crippen LogP contribution in [0.15, 0.2) is 46.9 Å². The summed E-state index contributed by atoms with van der Waals surface area (Å²) < 4.78 is 12.8. The molecule has 2 nitrogen and oxygen atoms in total. The summed E-state index contributed by atoms with van der Waals surface area (Å²) in [5.74, 6) is -0.233. The van der Waals surface area contributed by atoms with Crippen LogP contribution in [0.4, 0.5) is 4.39 Å². The van der Waals surface area contributed by atoms with E-state index in [-0.39, 0.29) is 11.9 Å². The van der Waals surface area contributed by atoms with Gasteiger partial charge in [-0.1, -0.05) is 23.4 Å². The molecule has 0 aliphatic carbocycles. The van der Waals surface area contributed by atoms with Gasteiger partial charge in [0, 0.05) is 11.3 Å². The van der Waals surface area contributed by atoms with Gasteiger partial charge in [0.05, 0.1) is 5.71 Å². The van der Waals surface area contributed by atoms with Crippen molar-refractivity contribution in [2.75, 3.05) is 0 Å². The largest absolute Gasteiger partial charge is 0.386 e. The maximum Gasteiger partial charge on any atom is 0.167 e. The maximum absolute atomic E-state index is 12.8. The van der Waals surface area contributed by atoms with Crippen molar-refractivity contribution in [3.8, 4) is 0 Å². The quantitative estimate of drug-likeness (QED) is 0.792. The highest BCUT2D eigenvalue weighted by atomic mass is 32.1. The van der Waals surface area contributed by atoms with E-state index in [1.165, 1.54) is 17.0 Å². The molecule has 1 unspecified atom stereocenters. The van der Waals surface area contributed by atoms with Crippen molar-refractivity contribution in [2.24, 2.45) is 5.16 Å². The number of rotatable bonds is 2. The molecule has 1 aliphatic heterocycles. The Morgan fingerprint density at radius 2 is 2.06 bits per heavy atom. The zero-order valence-corrected chi connectivity index (χ0v) is 9.78. The molecule has 0 N–H and O–H groups in total. The molecule has 86 valence electrons. The van der Waals surface area contributed by atoms with Gasteiger partial charge in [-0.2, -0.15) is 0 Å². The van der Waals surface area contributed by atoms with E-state index in [1.807, 2.05) is 17.5 Å². The van der Waals surface area contributed by atoms with Crippen molar-refractivity contribution < 1.29 is 9.23 Å². The third-order valence-corrected chi connectivity index (χ3v) is 3.67. The molecule has 2 heterocycles. The molecule has 1 aromatic heterocycles. The summed E-state index contributed by atoms with van der Waals surface area (Å²) in [7, 11) is 0. The van der Waals surface area contributed by atoms with Crippen molar-refractivity contribution in [1.82, 2.24) is 0 Å². The van der Waals surface area contributed by atoms with Gasteiger partial charge in [0.15, 0.2) is 6.10 Å². The Bertz CT molecular complexity index is 533. The first-order chi connectivity index (χ1) is 8.33. The van der Waals surface area contributed by atoms with Crippen molar-refractivity contribution >= 4 is 17.0 Å². The van der Waals surface area contributed by atoms with Crippen molar-refractivity contribution in [3.05, 3.63) is 58.0 Å². The van der Waals surface area contributed by atoms with Crippen LogP contribution in [0.3, 0.4) is 0 Å². The lowest BCUT2D eigenvalue weighted by Gasteiger charge is -2.04. The second-order valence-electron chi connectivity index (χ2n) is 3.86. The Labute approximate surface area is 102 Å². The predicted molar refractivity (Wildman–Crippen MR) is 65.7 cm³/mol. The first-order valence-electron chi connectivity index (χ1n) is 5.35. The average Bonchev–Trinajstić information content (AvgIpc) is 3.00. The lowest BCUT2D eigenvalue weighted by Crippen LogP contribution is -2.00. The number of hydrogen-bond acceptors (Lipinski definition) is 3. The fraction of sp³-hybridized carbons (Fsp3) is 0.154. The summed E-state index contributed by atoms with van der Waals surface area (Å²) >= 11 is 1.66. The Hall–Kier alpha value is -1.68. The molecule has 1 aromatic carbocycles. The van der Waals surface area contributed by atoms with Gasteiger partial charge in [-0.3, -0.25) is 0 Å². The van der Waals surface area contributed by atoms with Crippen LogP contribution < -0.4 is 0 Å². The standard InChI is InChI=1S/C13H10FNOS/c14-10-5-3-9(4-6-10)11-8-12(16-15-11)13-2-1-7-17-13/h1-7,12H,8H2. The molecule has 1 atom stereocenters. The molecule has 0 saturated heterocycles. The molecule has 17 heavy (non-hydrogen) atoms. The fourth-order valence-electron chi connectivity index (χ4n) is 1.82. The Morgan fingerprint density at radius 3 is 2.76 bits per heavy atom. The van der Waals surface area contributed by atoms with Crippen LogP contribution in [0.2, 0.25) is 0 Å². The van der Waals surface area contributed by atoms with E-state index in [9.17, 15) is 4.39 Å². The van der Waals surface area contributed by atoms with Crippen LogP contribution in [0.1, 0.15) is 23.0 Å². The molecule has 0 saturated carbocycles. The van der Waals surface area contributed by atoms with Gasteiger partial charge in [-0.05, 0) is 29.1 Å². The van der Waals surface area contributed by atoms with E-state index >= 15 is 0 Å². The van der Waals surface area contributed by atoms with E-state index in [2.05, 4.69) is 5.16 Å². The van der Waals surface area contributed by atoms with Gasteiger partial charge in [0.1, 0.15) is 5.82 Å². The van der Waals surface area contributed by atoms with Crippen LogP contribution in [-0.4, -0.2) is 5.71 Å². The summed E-state index contributed by atoms with van der Waals surface area (Å²) in [4.78, 5) is 6.57. The summed E-state index contributed by atoms with van der Waals surface area (Å²) in [6.45, 7) is 0. The van der Waals surface area contributed by atoms with Crippen molar-refractivity contribution in [3.63, 3.8) is 0 Å². The molecule has 0 spiro atoms. The molecule has 0 amide bonds. The Balaban J connectivity index is 1.77. The van der Waals surface area contributed by atoms with Gasteiger partial charge in [-0.25, -0.2) is 4.39 Å². The number of thiophene rings is 1. The molecule has 2 aromatic rings. The molecule has 4 heteroatoms. The van der Waals surface area contributed by atoms with Crippen LogP contribution in [0.25, 0.3) is 0 Å². The molecule has 0 fully saturated rings. The smallest absolute Gasteiger partial charge is 0.167 e. The third kappa shape index (κ3) is 2.08. The zero-order valence-electron chi connectivity index (χ0n) is 8.97. The first kappa shape index (κ1) is 10.5. The summed E-state index contributed by atoms with van der Waals surface area (Å²) in [6.07, 6.45) is 0.752. The highest BCUT2D eigenvalue weighted by Crippen LogP contribution is 2.31. The highest BCUT2D eigenvalue weighted by molar-refractivity contribution is 7.10. The van der Waals surface area contributed by atoms with E-state index < -0.39 is 0 Å². The number of nitrogens with zero attached hydrogens (tertiary/aromatic N) is 1. The maximum atomic E-state index is 12.8. The van der Waals surface area contributed by atoms with Gasteiger partial charge >= 0.3 is 0 Å². The van der Waals surface area contributed by atoms with Crippen molar-refractivity contribution in [2.45, 2.75) is 12.5 Å². The normalized spacial score (nSPS) is 18.9. The number of hydrogen-bond donors (Lipinski definition) is 0. The Kier molecular flexibility index (Phi) is 2.65. The Morgan fingerprint density at radius 1 is 1.24 bits per heavy atom. The van der Waals surface area contributed by atoms with Crippen LogP contribution in [0.5, 0.6) is 0 Å². The molecule has 0 bridgehead atoms. The molecular formula is C13H10FNOS. The third-order valence-electron chi connectivity index (χ3n) is 2.71. The second-order valence-corrected chi connectivity index (χ2v) is 4.84. The summed E-state index contributed by atoms with van der Waals surface area (Å²) in [5, 5.41) is 6.10. The SMILES string of the molecule is Fc1ccc(C2=NOC(c3cccs3)C2)cc1. The number of benzene rings is 1. The first-order valence-corrected chi connectivity index (χ1v) is 6.23. The molecule has 0 radical (unpaired) electrons.